The zero-order valence-electron chi connectivity index (χ0n) is 14.0. The van der Waals surface area contributed by atoms with Gasteiger partial charge in [-0.25, -0.2) is 0 Å². The fraction of sp³-hybridized carbons (Fsp3) is 0.333. The Balaban J connectivity index is 1.96. The third-order valence-electron chi connectivity index (χ3n) is 3.67. The van der Waals surface area contributed by atoms with Gasteiger partial charge in [-0.1, -0.05) is 30.3 Å². The zero-order chi connectivity index (χ0) is 17.4. The first kappa shape index (κ1) is 17.7. The Morgan fingerprint density at radius 2 is 1.92 bits per heavy atom. The molecule has 1 aromatic heterocycles. The van der Waals surface area contributed by atoms with Crippen LogP contribution in [0.3, 0.4) is 0 Å². The third-order valence-corrected chi connectivity index (χ3v) is 3.67. The van der Waals surface area contributed by atoms with Gasteiger partial charge in [0.05, 0.1) is 6.26 Å². The maximum Gasteiger partial charge on any atom is 0.275 e. The van der Waals surface area contributed by atoms with Crippen molar-refractivity contribution in [2.45, 2.75) is 25.9 Å². The molecular weight excluding hydrogens is 306 g/mol. The van der Waals surface area contributed by atoms with Crippen molar-refractivity contribution in [1.29, 1.82) is 0 Å². The minimum Gasteiger partial charge on any atom is -0.463 e. The number of carbonyl (C=O) groups excluding carboxylic acids is 2. The van der Waals surface area contributed by atoms with Crippen molar-refractivity contribution in [3.05, 3.63) is 60.1 Å². The number of likely N-dealkylation sites (N-methyl/N-ethyl adjacent to an activating group) is 1. The molecule has 0 fully saturated rings. The molecule has 1 aromatic carbocycles. The molecule has 128 valence electrons. The summed E-state index contributed by atoms with van der Waals surface area (Å²) in [5.41, 5.74) is 1.05. The van der Waals surface area contributed by atoms with Crippen LogP contribution in [-0.4, -0.2) is 30.9 Å². The van der Waals surface area contributed by atoms with Crippen LogP contribution in [0, 0.1) is 0 Å². The van der Waals surface area contributed by atoms with Gasteiger partial charge in [-0.3, -0.25) is 9.59 Å². The number of hydrogen-bond acceptors (Lipinski definition) is 3. The first-order valence-corrected chi connectivity index (χ1v) is 8.10. The summed E-state index contributed by atoms with van der Waals surface area (Å²) in [5.74, 6) is 0.406. The van der Waals surface area contributed by atoms with Crippen LogP contribution in [0.1, 0.15) is 31.2 Å². The molecule has 0 bridgehead atoms. The number of nitrogens with two attached hydrogens (primary N) is 1. The fourth-order valence-corrected chi connectivity index (χ4v) is 2.46. The molecule has 0 aliphatic rings. The first-order valence-electron chi connectivity index (χ1n) is 8.10. The van der Waals surface area contributed by atoms with Crippen LogP contribution in [-0.2, 0) is 9.59 Å². The zero-order valence-corrected chi connectivity index (χ0v) is 14.0. The molecule has 2 rings (SSSR count). The van der Waals surface area contributed by atoms with E-state index in [1.54, 1.807) is 13.2 Å². The van der Waals surface area contributed by atoms with E-state index in [0.29, 0.717) is 6.54 Å². The lowest BCUT2D eigenvalue weighted by Gasteiger charge is -2.16. The summed E-state index contributed by atoms with van der Waals surface area (Å²) in [6, 6.07) is 12.9. The number of benzene rings is 1. The predicted molar refractivity (Wildman–Crippen MR) is 90.1 cm³/mol. The monoisotopic (exact) mass is 330 g/mol. The van der Waals surface area contributed by atoms with E-state index >= 15 is 0 Å². The molecule has 24 heavy (non-hydrogen) atoms. The van der Waals surface area contributed by atoms with Gasteiger partial charge in [0.2, 0.25) is 5.91 Å². The molecule has 0 aliphatic carbocycles. The number of quaternary nitrogens is 1. The van der Waals surface area contributed by atoms with Gasteiger partial charge in [-0.05, 0) is 26.0 Å². The van der Waals surface area contributed by atoms with E-state index in [1.165, 1.54) is 0 Å². The van der Waals surface area contributed by atoms with Crippen LogP contribution in [0.2, 0.25) is 0 Å². The molecule has 6 nitrogen and oxygen atoms in total. The van der Waals surface area contributed by atoms with Gasteiger partial charge < -0.3 is 20.4 Å². The van der Waals surface area contributed by atoms with Crippen molar-refractivity contribution >= 4 is 11.8 Å². The summed E-state index contributed by atoms with van der Waals surface area (Å²) in [6.07, 6.45) is 1.62. The van der Waals surface area contributed by atoms with Gasteiger partial charge in [0.1, 0.15) is 6.04 Å². The summed E-state index contributed by atoms with van der Waals surface area (Å²) in [5, 5.41) is 7.29. The Kier molecular flexibility index (Phi) is 6.57. The molecule has 4 N–H and O–H groups in total. The largest absolute Gasteiger partial charge is 0.463 e. The molecule has 0 unspecified atom stereocenters. The molecule has 0 radical (unpaired) electrons. The van der Waals surface area contributed by atoms with Crippen molar-refractivity contribution < 1.29 is 19.3 Å². The second kappa shape index (κ2) is 8.88. The maximum absolute atomic E-state index is 12.1. The standard InChI is InChI=1S/C18H23N3O3/c1-3-19-18(23)13(2)21-16(22)12-20-17(15-10-7-11-24-15)14-8-5-4-6-9-14/h4-11,13,17,20H,3,12H2,1-2H3,(H,19,23)(H,21,22)/p+1/t13-,17+/m1/s1. The van der Waals surface area contributed by atoms with Crippen molar-refractivity contribution in [1.82, 2.24) is 10.6 Å². The minimum atomic E-state index is -0.551. The van der Waals surface area contributed by atoms with Crippen LogP contribution in [0.15, 0.2) is 53.1 Å². The van der Waals surface area contributed by atoms with Crippen LogP contribution in [0.5, 0.6) is 0 Å². The van der Waals surface area contributed by atoms with E-state index in [-0.39, 0.29) is 24.4 Å². The molecule has 1 heterocycles. The second-order valence-electron chi connectivity index (χ2n) is 5.53. The molecular formula is C18H24N3O3+. The molecule has 0 saturated carbocycles. The number of amides is 2. The Bertz CT molecular complexity index is 641. The van der Waals surface area contributed by atoms with Gasteiger partial charge >= 0.3 is 0 Å². The highest BCUT2D eigenvalue weighted by Crippen LogP contribution is 2.18. The van der Waals surface area contributed by atoms with Gasteiger partial charge in [-0.15, -0.1) is 0 Å². The van der Waals surface area contributed by atoms with Gasteiger partial charge in [0.25, 0.3) is 5.91 Å². The minimum absolute atomic E-state index is 0.105. The lowest BCUT2D eigenvalue weighted by atomic mass is 10.0. The average Bonchev–Trinajstić information content (AvgIpc) is 3.10. The molecule has 0 aliphatic heterocycles. The van der Waals surface area contributed by atoms with E-state index in [1.807, 2.05) is 54.7 Å². The topological polar surface area (TPSA) is 88.0 Å². The first-order chi connectivity index (χ1) is 11.6. The average molecular weight is 330 g/mol. The van der Waals surface area contributed by atoms with Crippen molar-refractivity contribution in [3.8, 4) is 0 Å². The van der Waals surface area contributed by atoms with Crippen LogP contribution < -0.4 is 16.0 Å². The molecule has 2 aromatic rings. The number of hydrogen-bond donors (Lipinski definition) is 3. The fourth-order valence-electron chi connectivity index (χ4n) is 2.46. The van der Waals surface area contributed by atoms with E-state index in [4.69, 9.17) is 4.42 Å². The van der Waals surface area contributed by atoms with Crippen molar-refractivity contribution in [3.63, 3.8) is 0 Å². The molecule has 0 spiro atoms. The number of rotatable bonds is 8. The normalized spacial score (nSPS) is 13.1. The third kappa shape index (κ3) is 4.96. The predicted octanol–water partition coefficient (Wildman–Crippen LogP) is 0.573. The molecule has 0 saturated heterocycles. The summed E-state index contributed by atoms with van der Waals surface area (Å²) in [7, 11) is 0. The lowest BCUT2D eigenvalue weighted by molar-refractivity contribution is -0.678. The quantitative estimate of drug-likeness (QED) is 0.661. The second-order valence-corrected chi connectivity index (χ2v) is 5.53. The highest BCUT2D eigenvalue weighted by Gasteiger charge is 2.22. The van der Waals surface area contributed by atoms with Crippen molar-refractivity contribution in [2.24, 2.45) is 0 Å². The highest BCUT2D eigenvalue weighted by molar-refractivity contribution is 5.87. The SMILES string of the molecule is CCNC(=O)[C@@H](C)NC(=O)C[NH2+][C@@H](c1ccccc1)c1ccco1. The molecule has 6 heteroatoms. The molecule has 2 atom stereocenters. The Labute approximate surface area is 141 Å². The van der Waals surface area contributed by atoms with E-state index < -0.39 is 6.04 Å². The van der Waals surface area contributed by atoms with E-state index in [9.17, 15) is 9.59 Å². The summed E-state index contributed by atoms with van der Waals surface area (Å²) in [6.45, 7) is 4.25. The number of carbonyl (C=O) groups is 2. The van der Waals surface area contributed by atoms with Crippen molar-refractivity contribution in [2.75, 3.05) is 13.1 Å². The summed E-state index contributed by atoms with van der Waals surface area (Å²) < 4.78 is 5.51. The van der Waals surface area contributed by atoms with E-state index in [0.717, 1.165) is 11.3 Å². The molecule has 2 amide bonds. The summed E-state index contributed by atoms with van der Waals surface area (Å²) in [4.78, 5) is 23.8. The maximum atomic E-state index is 12.1. The van der Waals surface area contributed by atoms with Gasteiger partial charge in [0.15, 0.2) is 18.3 Å². The lowest BCUT2D eigenvalue weighted by Crippen LogP contribution is -2.88. The highest BCUT2D eigenvalue weighted by atomic mass is 16.3. The van der Waals surface area contributed by atoms with Gasteiger partial charge in [-0.2, -0.15) is 0 Å². The Morgan fingerprint density at radius 3 is 2.54 bits per heavy atom. The van der Waals surface area contributed by atoms with E-state index in [2.05, 4.69) is 10.6 Å². The smallest absolute Gasteiger partial charge is 0.275 e. The Hall–Kier alpha value is -2.60. The van der Waals surface area contributed by atoms with Crippen LogP contribution in [0.4, 0.5) is 0 Å². The van der Waals surface area contributed by atoms with Crippen LogP contribution in [0.25, 0.3) is 0 Å². The number of nitrogens with one attached hydrogen (secondary N) is 2. The number of furan rings is 1. The van der Waals surface area contributed by atoms with Crippen LogP contribution >= 0.6 is 0 Å². The Morgan fingerprint density at radius 1 is 1.17 bits per heavy atom. The van der Waals surface area contributed by atoms with Gasteiger partial charge in [0, 0.05) is 12.1 Å². The summed E-state index contributed by atoms with van der Waals surface area (Å²) >= 11 is 0.